The van der Waals surface area contributed by atoms with Crippen LogP contribution in [0.25, 0.3) is 0 Å². The minimum atomic E-state index is 0.00378. The first-order valence-electron chi connectivity index (χ1n) is 6.49. The Balaban J connectivity index is 2.16. The molecule has 2 rings (SSSR count). The normalized spacial score (nSPS) is 10.5. The Morgan fingerprint density at radius 1 is 0.895 bits per heavy atom. The van der Waals surface area contributed by atoms with Gasteiger partial charge in [-0.25, -0.2) is 0 Å². The summed E-state index contributed by atoms with van der Waals surface area (Å²) in [6, 6.07) is 12.2. The van der Waals surface area contributed by atoms with Gasteiger partial charge in [-0.2, -0.15) is 0 Å². The first-order chi connectivity index (χ1) is 9.10. The summed E-state index contributed by atoms with van der Waals surface area (Å²) >= 11 is 0. The zero-order valence-corrected chi connectivity index (χ0v) is 11.7. The van der Waals surface area contributed by atoms with E-state index in [1.54, 1.807) is 0 Å². The van der Waals surface area contributed by atoms with E-state index in [1.165, 1.54) is 16.7 Å². The van der Waals surface area contributed by atoms with Crippen LogP contribution in [0.2, 0.25) is 0 Å². The van der Waals surface area contributed by atoms with Crippen LogP contribution in [0.15, 0.2) is 36.4 Å². The van der Waals surface area contributed by atoms with Crippen molar-refractivity contribution in [2.45, 2.75) is 34.0 Å². The number of benzene rings is 2. The Kier molecular flexibility index (Phi) is 4.23. The quantitative estimate of drug-likeness (QED) is 0.904. The molecule has 0 amide bonds. The summed E-state index contributed by atoms with van der Waals surface area (Å²) in [6.07, 6.45) is 0. The number of ether oxygens (including phenoxy) is 1. The molecule has 0 aliphatic rings. The van der Waals surface area contributed by atoms with E-state index in [9.17, 15) is 5.11 Å². The third-order valence-electron chi connectivity index (χ3n) is 3.27. The van der Waals surface area contributed by atoms with E-state index < -0.39 is 0 Å². The molecule has 0 saturated carbocycles. The van der Waals surface area contributed by atoms with Crippen LogP contribution in [-0.2, 0) is 13.2 Å². The van der Waals surface area contributed by atoms with Crippen molar-refractivity contribution in [3.63, 3.8) is 0 Å². The number of rotatable bonds is 4. The highest BCUT2D eigenvalue weighted by Crippen LogP contribution is 2.22. The Hall–Kier alpha value is -1.80. The predicted molar refractivity (Wildman–Crippen MR) is 77.3 cm³/mol. The van der Waals surface area contributed by atoms with Gasteiger partial charge in [0, 0.05) is 5.56 Å². The topological polar surface area (TPSA) is 29.5 Å². The van der Waals surface area contributed by atoms with Crippen molar-refractivity contribution in [2.75, 3.05) is 0 Å². The van der Waals surface area contributed by atoms with Gasteiger partial charge in [-0.05, 0) is 38.0 Å². The van der Waals surface area contributed by atoms with Gasteiger partial charge in [-0.1, -0.05) is 41.5 Å². The smallest absolute Gasteiger partial charge is 0.125 e. The van der Waals surface area contributed by atoms with Crippen LogP contribution in [0.3, 0.4) is 0 Å². The van der Waals surface area contributed by atoms with E-state index >= 15 is 0 Å². The summed E-state index contributed by atoms with van der Waals surface area (Å²) in [5.41, 5.74) is 5.61. The first kappa shape index (κ1) is 13.6. The number of aliphatic hydroxyl groups is 1. The molecule has 0 aromatic heterocycles. The Bertz CT molecular complexity index is 573. The van der Waals surface area contributed by atoms with Gasteiger partial charge in [-0.15, -0.1) is 0 Å². The summed E-state index contributed by atoms with van der Waals surface area (Å²) < 4.78 is 5.84. The van der Waals surface area contributed by atoms with Crippen LogP contribution in [0.1, 0.15) is 27.8 Å². The van der Waals surface area contributed by atoms with E-state index in [2.05, 4.69) is 32.0 Å². The highest BCUT2D eigenvalue weighted by molar-refractivity contribution is 5.37. The largest absolute Gasteiger partial charge is 0.489 e. The van der Waals surface area contributed by atoms with Gasteiger partial charge in [0.1, 0.15) is 12.4 Å². The summed E-state index contributed by atoms with van der Waals surface area (Å²) in [7, 11) is 0. The highest BCUT2D eigenvalue weighted by Gasteiger charge is 2.05. The molecule has 19 heavy (non-hydrogen) atoms. The molecule has 0 aliphatic heterocycles. The minimum absolute atomic E-state index is 0.00378. The Morgan fingerprint density at radius 2 is 1.53 bits per heavy atom. The molecule has 1 N–H and O–H groups in total. The molecule has 0 atom stereocenters. The molecule has 2 nitrogen and oxygen atoms in total. The lowest BCUT2D eigenvalue weighted by Gasteiger charge is -2.13. The molecule has 0 fully saturated rings. The number of aliphatic hydroxyl groups excluding tert-OH is 1. The Morgan fingerprint density at radius 3 is 2.21 bits per heavy atom. The van der Waals surface area contributed by atoms with Crippen molar-refractivity contribution in [1.29, 1.82) is 0 Å². The molecule has 0 aliphatic carbocycles. The van der Waals surface area contributed by atoms with E-state index in [0.29, 0.717) is 6.61 Å². The van der Waals surface area contributed by atoms with Crippen LogP contribution in [0.4, 0.5) is 0 Å². The van der Waals surface area contributed by atoms with Crippen molar-refractivity contribution < 1.29 is 9.84 Å². The van der Waals surface area contributed by atoms with Gasteiger partial charge < -0.3 is 9.84 Å². The molecule has 0 bridgehead atoms. The van der Waals surface area contributed by atoms with E-state index in [0.717, 1.165) is 16.9 Å². The van der Waals surface area contributed by atoms with E-state index in [-0.39, 0.29) is 6.61 Å². The van der Waals surface area contributed by atoms with Crippen molar-refractivity contribution in [2.24, 2.45) is 0 Å². The van der Waals surface area contributed by atoms with Gasteiger partial charge in [-0.3, -0.25) is 0 Å². The predicted octanol–water partition coefficient (Wildman–Crippen LogP) is 3.68. The molecule has 0 radical (unpaired) electrons. The maximum absolute atomic E-state index is 9.36. The van der Waals surface area contributed by atoms with Gasteiger partial charge >= 0.3 is 0 Å². The second-order valence-electron chi connectivity index (χ2n) is 4.99. The molecule has 0 saturated heterocycles. The zero-order chi connectivity index (χ0) is 13.8. The molecular formula is C17H20O2. The van der Waals surface area contributed by atoms with Crippen LogP contribution < -0.4 is 4.74 Å². The lowest BCUT2D eigenvalue weighted by atomic mass is 10.1. The van der Waals surface area contributed by atoms with Gasteiger partial charge in [0.15, 0.2) is 0 Å². The molecule has 2 heteroatoms. The van der Waals surface area contributed by atoms with Gasteiger partial charge in [0.05, 0.1) is 6.61 Å². The summed E-state index contributed by atoms with van der Waals surface area (Å²) in [6.45, 7) is 6.70. The SMILES string of the molecule is Cc1ccc(C)c(COc2ccc(C)cc2CO)c1. The molecule has 0 spiro atoms. The van der Waals surface area contributed by atoms with Crippen molar-refractivity contribution in [3.8, 4) is 5.75 Å². The molecule has 2 aromatic rings. The fourth-order valence-electron chi connectivity index (χ4n) is 2.08. The number of aryl methyl sites for hydroxylation is 3. The number of hydrogen-bond donors (Lipinski definition) is 1. The average molecular weight is 256 g/mol. The molecule has 2 aromatic carbocycles. The molecule has 0 heterocycles. The lowest BCUT2D eigenvalue weighted by molar-refractivity contribution is 0.258. The summed E-state index contributed by atoms with van der Waals surface area (Å²) in [5, 5.41) is 9.36. The molecular weight excluding hydrogens is 236 g/mol. The van der Waals surface area contributed by atoms with E-state index in [4.69, 9.17) is 4.74 Å². The van der Waals surface area contributed by atoms with Crippen LogP contribution in [-0.4, -0.2) is 5.11 Å². The zero-order valence-electron chi connectivity index (χ0n) is 11.7. The standard InChI is InChI=1S/C17H20O2/c1-12-4-6-14(3)16(9-12)11-19-17-7-5-13(2)8-15(17)10-18/h4-9,18H,10-11H2,1-3H3. The van der Waals surface area contributed by atoms with Crippen LogP contribution in [0.5, 0.6) is 5.75 Å². The second kappa shape index (κ2) is 5.89. The number of hydrogen-bond acceptors (Lipinski definition) is 2. The molecule has 0 unspecified atom stereocenters. The summed E-state index contributed by atoms with van der Waals surface area (Å²) in [4.78, 5) is 0. The second-order valence-corrected chi connectivity index (χ2v) is 4.99. The van der Waals surface area contributed by atoms with E-state index in [1.807, 2.05) is 25.1 Å². The minimum Gasteiger partial charge on any atom is -0.489 e. The monoisotopic (exact) mass is 256 g/mol. The average Bonchev–Trinajstić information content (AvgIpc) is 2.40. The third kappa shape index (κ3) is 3.36. The highest BCUT2D eigenvalue weighted by atomic mass is 16.5. The van der Waals surface area contributed by atoms with Gasteiger partial charge in [0.2, 0.25) is 0 Å². The third-order valence-corrected chi connectivity index (χ3v) is 3.27. The van der Waals surface area contributed by atoms with Crippen molar-refractivity contribution in [3.05, 3.63) is 64.2 Å². The molecule has 100 valence electrons. The summed E-state index contributed by atoms with van der Waals surface area (Å²) in [5.74, 6) is 0.758. The van der Waals surface area contributed by atoms with Crippen molar-refractivity contribution >= 4 is 0 Å². The fraction of sp³-hybridized carbons (Fsp3) is 0.294. The fourth-order valence-corrected chi connectivity index (χ4v) is 2.08. The van der Waals surface area contributed by atoms with Crippen molar-refractivity contribution in [1.82, 2.24) is 0 Å². The first-order valence-corrected chi connectivity index (χ1v) is 6.49. The lowest BCUT2D eigenvalue weighted by Crippen LogP contribution is -2.01. The maximum Gasteiger partial charge on any atom is 0.125 e. The Labute approximate surface area is 114 Å². The maximum atomic E-state index is 9.36. The van der Waals surface area contributed by atoms with Crippen LogP contribution in [0, 0.1) is 20.8 Å². The van der Waals surface area contributed by atoms with Gasteiger partial charge in [0.25, 0.3) is 0 Å². The van der Waals surface area contributed by atoms with Crippen LogP contribution >= 0.6 is 0 Å².